The van der Waals surface area contributed by atoms with Crippen LogP contribution in [0.3, 0.4) is 0 Å². The fraction of sp³-hybridized carbons (Fsp3) is 0.700. The van der Waals surface area contributed by atoms with Gasteiger partial charge in [0.05, 0.1) is 12.2 Å². The van der Waals surface area contributed by atoms with E-state index in [0.29, 0.717) is 24.0 Å². The lowest BCUT2D eigenvalue weighted by molar-refractivity contribution is -0.0708. The maximum Gasteiger partial charge on any atom is 0.0678 e. The summed E-state index contributed by atoms with van der Waals surface area (Å²) in [6, 6.07) is 9.27. The Hall–Kier alpha value is -0.860. The lowest BCUT2D eigenvalue weighted by Gasteiger charge is -2.36. The fourth-order valence-corrected chi connectivity index (χ4v) is 3.56. The molecule has 2 rings (SSSR count). The van der Waals surface area contributed by atoms with E-state index in [1.54, 1.807) is 0 Å². The van der Waals surface area contributed by atoms with E-state index in [0.717, 1.165) is 13.1 Å². The van der Waals surface area contributed by atoms with Crippen molar-refractivity contribution in [1.29, 1.82) is 0 Å². The predicted molar refractivity (Wildman–Crippen MR) is 94.5 cm³/mol. The molecule has 4 atom stereocenters. The summed E-state index contributed by atoms with van der Waals surface area (Å²) in [4.78, 5) is 2.57. The number of hydrogen-bond donors (Lipinski definition) is 0. The van der Waals surface area contributed by atoms with Crippen molar-refractivity contribution in [2.75, 3.05) is 19.6 Å². The summed E-state index contributed by atoms with van der Waals surface area (Å²) in [6.07, 6.45) is 3.11. The highest BCUT2D eigenvalue weighted by atomic mass is 16.5. The topological polar surface area (TPSA) is 12.5 Å². The minimum absolute atomic E-state index is 0.366. The molecular formula is C20H33NO. The Morgan fingerprint density at radius 2 is 1.68 bits per heavy atom. The minimum atomic E-state index is 0.366. The van der Waals surface area contributed by atoms with Crippen molar-refractivity contribution >= 4 is 0 Å². The molecule has 1 aliphatic rings. The van der Waals surface area contributed by atoms with Crippen LogP contribution in [-0.4, -0.2) is 36.7 Å². The van der Waals surface area contributed by atoms with Gasteiger partial charge in [-0.1, -0.05) is 45.0 Å². The van der Waals surface area contributed by atoms with Gasteiger partial charge in [0.1, 0.15) is 0 Å². The number of morpholine rings is 1. The molecule has 2 nitrogen and oxygen atoms in total. The van der Waals surface area contributed by atoms with E-state index in [2.05, 4.69) is 63.8 Å². The summed E-state index contributed by atoms with van der Waals surface area (Å²) in [7, 11) is 0. The van der Waals surface area contributed by atoms with Gasteiger partial charge in [0, 0.05) is 19.6 Å². The molecule has 1 aliphatic heterocycles. The monoisotopic (exact) mass is 303 g/mol. The average molecular weight is 303 g/mol. The molecule has 0 radical (unpaired) electrons. The molecule has 124 valence electrons. The van der Waals surface area contributed by atoms with Gasteiger partial charge < -0.3 is 4.74 Å². The van der Waals surface area contributed by atoms with Crippen LogP contribution in [0.15, 0.2) is 24.3 Å². The Labute approximate surface area is 136 Å². The summed E-state index contributed by atoms with van der Waals surface area (Å²) >= 11 is 0. The molecule has 1 fully saturated rings. The van der Waals surface area contributed by atoms with Crippen LogP contribution in [0.5, 0.6) is 0 Å². The third-order valence-electron chi connectivity index (χ3n) is 4.81. The molecule has 1 aromatic rings. The molecule has 3 unspecified atom stereocenters. The zero-order valence-electron chi connectivity index (χ0n) is 15.0. The third kappa shape index (κ3) is 5.10. The normalized spacial score (nSPS) is 25.9. The number of hydrogen-bond acceptors (Lipinski definition) is 2. The molecule has 1 heterocycles. The highest BCUT2D eigenvalue weighted by Gasteiger charge is 2.23. The van der Waals surface area contributed by atoms with Gasteiger partial charge in [-0.05, 0) is 49.7 Å². The first-order valence-electron chi connectivity index (χ1n) is 8.94. The standard InChI is InChI=1S/C20H33NO/c1-6-16(3)20-9-7-19(8-10-20)11-15(2)12-21-13-17(4)22-18(5)14-21/h7-10,15-18H,6,11-14H2,1-5H3/t15?,16?,17-,18?/m0/s1. The zero-order chi connectivity index (χ0) is 16.1. The van der Waals surface area contributed by atoms with Gasteiger partial charge in [0.15, 0.2) is 0 Å². The second-order valence-electron chi connectivity index (χ2n) is 7.34. The van der Waals surface area contributed by atoms with Crippen molar-refractivity contribution in [2.24, 2.45) is 5.92 Å². The van der Waals surface area contributed by atoms with Crippen molar-refractivity contribution < 1.29 is 4.74 Å². The Morgan fingerprint density at radius 1 is 1.09 bits per heavy atom. The van der Waals surface area contributed by atoms with Crippen molar-refractivity contribution in [3.63, 3.8) is 0 Å². The van der Waals surface area contributed by atoms with Crippen molar-refractivity contribution in [1.82, 2.24) is 4.90 Å². The van der Waals surface area contributed by atoms with E-state index < -0.39 is 0 Å². The largest absolute Gasteiger partial charge is 0.373 e. The maximum atomic E-state index is 5.82. The van der Waals surface area contributed by atoms with Gasteiger partial charge in [-0.25, -0.2) is 0 Å². The molecule has 0 aliphatic carbocycles. The van der Waals surface area contributed by atoms with Crippen molar-refractivity contribution in [3.8, 4) is 0 Å². The van der Waals surface area contributed by atoms with Gasteiger partial charge in [-0.3, -0.25) is 4.90 Å². The first-order chi connectivity index (χ1) is 10.5. The molecule has 0 saturated carbocycles. The fourth-order valence-electron chi connectivity index (χ4n) is 3.56. The molecular weight excluding hydrogens is 270 g/mol. The summed E-state index contributed by atoms with van der Waals surface area (Å²) in [5.74, 6) is 1.36. The highest BCUT2D eigenvalue weighted by molar-refractivity contribution is 5.25. The van der Waals surface area contributed by atoms with Crippen LogP contribution in [-0.2, 0) is 11.2 Å². The van der Waals surface area contributed by atoms with Gasteiger partial charge in [-0.2, -0.15) is 0 Å². The molecule has 2 heteroatoms. The minimum Gasteiger partial charge on any atom is -0.373 e. The van der Waals surface area contributed by atoms with Crippen LogP contribution in [0.1, 0.15) is 58.1 Å². The molecule has 0 spiro atoms. The summed E-state index contributed by atoms with van der Waals surface area (Å²) in [5.41, 5.74) is 2.93. The van der Waals surface area contributed by atoms with Gasteiger partial charge in [0.2, 0.25) is 0 Å². The van der Waals surface area contributed by atoms with E-state index in [1.165, 1.54) is 30.5 Å². The van der Waals surface area contributed by atoms with Gasteiger partial charge in [0.25, 0.3) is 0 Å². The average Bonchev–Trinajstić information content (AvgIpc) is 2.46. The molecule has 1 aromatic carbocycles. The number of benzene rings is 1. The number of nitrogens with zero attached hydrogens (tertiary/aromatic N) is 1. The maximum absolute atomic E-state index is 5.82. The molecule has 0 N–H and O–H groups in total. The van der Waals surface area contributed by atoms with Crippen LogP contribution in [0.4, 0.5) is 0 Å². The summed E-state index contributed by atoms with van der Waals surface area (Å²) in [5, 5.41) is 0. The van der Waals surface area contributed by atoms with Crippen molar-refractivity contribution in [3.05, 3.63) is 35.4 Å². The Bertz CT molecular complexity index is 432. The first kappa shape index (κ1) is 17.5. The lowest BCUT2D eigenvalue weighted by atomic mass is 9.94. The van der Waals surface area contributed by atoms with Crippen LogP contribution < -0.4 is 0 Å². The first-order valence-corrected chi connectivity index (χ1v) is 8.94. The van der Waals surface area contributed by atoms with Crippen LogP contribution in [0.25, 0.3) is 0 Å². The molecule has 22 heavy (non-hydrogen) atoms. The van der Waals surface area contributed by atoms with Gasteiger partial charge in [-0.15, -0.1) is 0 Å². The quantitative estimate of drug-likeness (QED) is 0.768. The Balaban J connectivity index is 1.85. The van der Waals surface area contributed by atoms with E-state index in [4.69, 9.17) is 4.74 Å². The van der Waals surface area contributed by atoms with Crippen LogP contribution in [0.2, 0.25) is 0 Å². The predicted octanol–water partition coefficient (Wildman–Crippen LogP) is 4.49. The smallest absolute Gasteiger partial charge is 0.0678 e. The Morgan fingerprint density at radius 3 is 2.23 bits per heavy atom. The van der Waals surface area contributed by atoms with E-state index in [9.17, 15) is 0 Å². The molecule has 0 bridgehead atoms. The SMILES string of the molecule is CCC(C)c1ccc(CC(C)CN2CC(C)O[C@@H](C)C2)cc1. The highest BCUT2D eigenvalue weighted by Crippen LogP contribution is 2.20. The van der Waals surface area contributed by atoms with Crippen LogP contribution >= 0.6 is 0 Å². The van der Waals surface area contributed by atoms with E-state index in [-0.39, 0.29) is 0 Å². The van der Waals surface area contributed by atoms with E-state index >= 15 is 0 Å². The zero-order valence-corrected chi connectivity index (χ0v) is 15.0. The van der Waals surface area contributed by atoms with Gasteiger partial charge >= 0.3 is 0 Å². The van der Waals surface area contributed by atoms with Crippen molar-refractivity contribution in [2.45, 2.75) is 65.6 Å². The second-order valence-corrected chi connectivity index (χ2v) is 7.34. The molecule has 0 aromatic heterocycles. The number of ether oxygens (including phenoxy) is 1. The number of rotatable bonds is 6. The summed E-state index contributed by atoms with van der Waals surface area (Å²) in [6.45, 7) is 14.6. The Kier molecular flexibility index (Phi) is 6.46. The molecule has 0 amide bonds. The molecule has 1 saturated heterocycles. The summed E-state index contributed by atoms with van der Waals surface area (Å²) < 4.78 is 5.82. The van der Waals surface area contributed by atoms with Crippen LogP contribution in [0, 0.1) is 5.92 Å². The van der Waals surface area contributed by atoms with E-state index in [1.807, 2.05) is 0 Å². The lowest BCUT2D eigenvalue weighted by Crippen LogP contribution is -2.47. The second kappa shape index (κ2) is 8.12. The third-order valence-corrected chi connectivity index (χ3v) is 4.81.